The quantitative estimate of drug-likeness (QED) is 0.360. The van der Waals surface area contributed by atoms with Gasteiger partial charge < -0.3 is 9.30 Å². The van der Waals surface area contributed by atoms with Crippen LogP contribution in [0.3, 0.4) is 0 Å². The van der Waals surface area contributed by atoms with Crippen molar-refractivity contribution in [3.63, 3.8) is 0 Å². The molecule has 136 valence electrons. The van der Waals surface area contributed by atoms with Crippen LogP contribution in [0.4, 0.5) is 0 Å². The van der Waals surface area contributed by atoms with Crippen molar-refractivity contribution in [3.8, 4) is 0 Å². The number of hydrogen-bond donors (Lipinski definition) is 0. The summed E-state index contributed by atoms with van der Waals surface area (Å²) in [6.45, 7) is 6.30. The number of rotatable bonds is 9. The van der Waals surface area contributed by atoms with Gasteiger partial charge in [-0.1, -0.05) is 38.1 Å². The molecule has 0 radical (unpaired) electrons. The van der Waals surface area contributed by atoms with Gasteiger partial charge in [-0.3, -0.25) is 4.79 Å². The van der Waals surface area contributed by atoms with Gasteiger partial charge in [-0.2, -0.15) is 0 Å². The lowest BCUT2D eigenvalue weighted by Gasteiger charge is -2.23. The number of para-hydroxylation sites is 1. The summed E-state index contributed by atoms with van der Waals surface area (Å²) in [6.07, 6.45) is 0.699. The van der Waals surface area contributed by atoms with Crippen LogP contribution in [0.5, 0.6) is 0 Å². The third kappa shape index (κ3) is 5.86. The molecule has 0 saturated carbocycles. The first-order valence-electron chi connectivity index (χ1n) is 8.65. The Kier molecular flexibility index (Phi) is 7.98. The molecule has 0 spiro atoms. The smallest absolute Gasteiger partial charge is 0.309 e. The highest BCUT2D eigenvalue weighted by molar-refractivity contribution is 7.99. The highest BCUT2D eigenvalue weighted by atomic mass is 32.2. The maximum absolute atomic E-state index is 12.3. The van der Waals surface area contributed by atoms with Crippen molar-refractivity contribution in [2.45, 2.75) is 37.9 Å². The number of esters is 1. The van der Waals surface area contributed by atoms with Crippen molar-refractivity contribution in [2.24, 2.45) is 11.8 Å². The molecule has 1 aromatic heterocycles. The normalized spacial score (nSPS) is 14.2. The number of pyridine rings is 1. The molecule has 2 aromatic rings. The first-order valence-corrected chi connectivity index (χ1v) is 10.8. The molecule has 0 N–H and O–H groups in total. The Balaban J connectivity index is 2.09. The minimum Gasteiger partial charge on any atom is -0.466 e. The third-order valence-electron chi connectivity index (χ3n) is 4.00. The predicted octanol–water partition coefficient (Wildman–Crippen LogP) is 4.68. The fraction of sp³-hybridized carbons (Fsp3) is 0.474. The molecule has 2 rings (SSSR count). The van der Waals surface area contributed by atoms with E-state index in [1.807, 2.05) is 36.4 Å². The molecule has 0 aliphatic carbocycles. The number of benzene rings is 1. The van der Waals surface area contributed by atoms with Crippen LogP contribution in [0.2, 0.25) is 0 Å². The van der Waals surface area contributed by atoms with Crippen LogP contribution in [-0.4, -0.2) is 29.0 Å². The summed E-state index contributed by atoms with van der Waals surface area (Å²) in [5.41, 5.74) is 0.780. The van der Waals surface area contributed by atoms with Crippen LogP contribution in [0.1, 0.15) is 27.2 Å². The fourth-order valence-corrected chi connectivity index (χ4v) is 4.79. The lowest BCUT2D eigenvalue weighted by molar-refractivity contribution is -0.148. The monoisotopic (exact) mass is 379 g/mol. The second-order valence-corrected chi connectivity index (χ2v) is 8.61. The van der Waals surface area contributed by atoms with Crippen molar-refractivity contribution >= 4 is 37.1 Å². The van der Waals surface area contributed by atoms with Gasteiger partial charge in [0.15, 0.2) is 0 Å². The van der Waals surface area contributed by atoms with Crippen molar-refractivity contribution in [1.82, 2.24) is 4.98 Å². The summed E-state index contributed by atoms with van der Waals surface area (Å²) in [4.78, 5) is 16.9. The summed E-state index contributed by atoms with van der Waals surface area (Å²) >= 11 is 1.56. The predicted molar refractivity (Wildman–Crippen MR) is 106 cm³/mol. The molecular formula is C19H26NO3PS. The van der Waals surface area contributed by atoms with Gasteiger partial charge in [-0.25, -0.2) is 4.98 Å². The maximum atomic E-state index is 12.3. The Bertz CT molecular complexity index is 723. The summed E-state index contributed by atoms with van der Waals surface area (Å²) in [5.74, 6) is 0.434. The zero-order valence-electron chi connectivity index (χ0n) is 15.0. The van der Waals surface area contributed by atoms with Gasteiger partial charge in [0.05, 0.1) is 31.5 Å². The molecule has 0 bridgehead atoms. The topological polar surface area (TPSA) is 56.3 Å². The van der Waals surface area contributed by atoms with Gasteiger partial charge in [0.1, 0.15) is 0 Å². The standard InChI is InChI=1S/C19H26NO3PS/c1-4-23-19(21)15(11-13(2)3)17(24-22)12-25-18-10-9-14-7-5-6-8-16(14)20-18/h5-10,13,15,17H,4,11-12,24H2,1-3H3. The Morgan fingerprint density at radius 3 is 2.68 bits per heavy atom. The molecule has 0 saturated heterocycles. The van der Waals surface area contributed by atoms with Crippen LogP contribution in [-0.2, 0) is 14.1 Å². The van der Waals surface area contributed by atoms with Gasteiger partial charge in [-0.15, -0.1) is 11.8 Å². The average Bonchev–Trinajstić information content (AvgIpc) is 2.61. The van der Waals surface area contributed by atoms with Crippen LogP contribution in [0.25, 0.3) is 10.9 Å². The molecule has 1 heterocycles. The molecule has 6 heteroatoms. The average molecular weight is 379 g/mol. The largest absolute Gasteiger partial charge is 0.466 e. The SMILES string of the molecule is CCOC(=O)C(CC(C)C)C(CSc1ccc2ccccc2n1)[PH2]=O. The Labute approximate surface area is 155 Å². The van der Waals surface area contributed by atoms with Gasteiger partial charge in [-0.05, 0) is 31.4 Å². The van der Waals surface area contributed by atoms with Gasteiger partial charge in [0, 0.05) is 16.8 Å². The fourth-order valence-electron chi connectivity index (χ4n) is 2.76. The summed E-state index contributed by atoms with van der Waals surface area (Å²) < 4.78 is 17.0. The second kappa shape index (κ2) is 9.98. The van der Waals surface area contributed by atoms with E-state index in [1.165, 1.54) is 0 Å². The number of carbonyl (C=O) groups is 1. The summed E-state index contributed by atoms with van der Waals surface area (Å²) in [7, 11) is -1.06. The van der Waals surface area contributed by atoms with Gasteiger partial charge in [0.25, 0.3) is 0 Å². The molecule has 0 aliphatic heterocycles. The lowest BCUT2D eigenvalue weighted by Crippen LogP contribution is -2.29. The zero-order valence-corrected chi connectivity index (χ0v) is 16.9. The van der Waals surface area contributed by atoms with Crippen LogP contribution >= 0.6 is 20.2 Å². The number of hydrogen-bond acceptors (Lipinski definition) is 5. The number of thioether (sulfide) groups is 1. The van der Waals surface area contributed by atoms with E-state index in [1.54, 1.807) is 18.7 Å². The molecular weight excluding hydrogens is 353 g/mol. The Hall–Kier alpha value is -1.32. The highest BCUT2D eigenvalue weighted by Crippen LogP contribution is 2.31. The minimum atomic E-state index is -1.06. The molecule has 0 amide bonds. The Morgan fingerprint density at radius 2 is 2.00 bits per heavy atom. The molecule has 0 aliphatic rings. The first kappa shape index (κ1) is 20.0. The lowest BCUT2D eigenvalue weighted by atomic mass is 9.94. The number of carbonyl (C=O) groups excluding carboxylic acids is 1. The van der Waals surface area contributed by atoms with Crippen molar-refractivity contribution in [2.75, 3.05) is 12.4 Å². The maximum Gasteiger partial charge on any atom is 0.309 e. The van der Waals surface area contributed by atoms with E-state index in [0.717, 1.165) is 15.9 Å². The van der Waals surface area contributed by atoms with Crippen molar-refractivity contribution in [3.05, 3.63) is 36.4 Å². The number of nitrogens with zero attached hydrogens (tertiary/aromatic N) is 1. The van der Waals surface area contributed by atoms with Crippen LogP contribution < -0.4 is 0 Å². The van der Waals surface area contributed by atoms with E-state index in [-0.39, 0.29) is 17.5 Å². The van der Waals surface area contributed by atoms with Crippen LogP contribution in [0, 0.1) is 11.8 Å². The Morgan fingerprint density at radius 1 is 1.24 bits per heavy atom. The summed E-state index contributed by atoms with van der Waals surface area (Å²) in [5, 5.41) is 1.99. The molecule has 0 fully saturated rings. The van der Waals surface area contributed by atoms with E-state index in [0.29, 0.717) is 24.7 Å². The van der Waals surface area contributed by atoms with E-state index in [2.05, 4.69) is 18.8 Å². The number of fused-ring (bicyclic) bond motifs is 1. The number of ether oxygens (including phenoxy) is 1. The van der Waals surface area contributed by atoms with E-state index in [9.17, 15) is 9.36 Å². The number of aromatic nitrogens is 1. The minimum absolute atomic E-state index is 0.167. The first-order chi connectivity index (χ1) is 12.0. The van der Waals surface area contributed by atoms with Gasteiger partial charge in [0.2, 0.25) is 0 Å². The van der Waals surface area contributed by atoms with Crippen molar-refractivity contribution in [1.29, 1.82) is 0 Å². The van der Waals surface area contributed by atoms with E-state index >= 15 is 0 Å². The highest BCUT2D eigenvalue weighted by Gasteiger charge is 2.29. The third-order valence-corrected chi connectivity index (χ3v) is 6.47. The molecule has 3 unspecified atom stereocenters. The van der Waals surface area contributed by atoms with E-state index in [4.69, 9.17) is 4.74 Å². The second-order valence-electron chi connectivity index (χ2n) is 6.44. The molecule has 25 heavy (non-hydrogen) atoms. The molecule has 1 aromatic carbocycles. The molecule has 4 nitrogen and oxygen atoms in total. The van der Waals surface area contributed by atoms with Gasteiger partial charge >= 0.3 is 5.97 Å². The van der Waals surface area contributed by atoms with E-state index < -0.39 is 8.46 Å². The summed E-state index contributed by atoms with van der Waals surface area (Å²) in [6, 6.07) is 12.0. The zero-order chi connectivity index (χ0) is 18.2. The van der Waals surface area contributed by atoms with Crippen LogP contribution in [0.15, 0.2) is 41.4 Å². The van der Waals surface area contributed by atoms with Crippen molar-refractivity contribution < 1.29 is 14.1 Å². The molecule has 3 atom stereocenters.